The van der Waals surface area contributed by atoms with Crippen molar-refractivity contribution in [2.45, 2.75) is 6.54 Å². The van der Waals surface area contributed by atoms with Gasteiger partial charge in [0.25, 0.3) is 11.1 Å². The molecular formula is C11H6BrClN4O2S. The molecule has 0 aliphatic carbocycles. The molecule has 3 rings (SSSR count). The van der Waals surface area contributed by atoms with E-state index in [4.69, 9.17) is 11.6 Å². The minimum absolute atomic E-state index is 0.0981. The zero-order chi connectivity index (χ0) is 14.3. The molecule has 0 amide bonds. The van der Waals surface area contributed by atoms with Crippen molar-refractivity contribution in [3.63, 3.8) is 0 Å². The topological polar surface area (TPSA) is 80.6 Å². The summed E-state index contributed by atoms with van der Waals surface area (Å²) < 4.78 is 2.06. The quantitative estimate of drug-likeness (QED) is 0.697. The van der Waals surface area contributed by atoms with Crippen molar-refractivity contribution in [3.8, 4) is 0 Å². The number of fused-ring (bicyclic) bond motifs is 1. The molecule has 1 N–H and O–H groups in total. The highest BCUT2D eigenvalue weighted by Crippen LogP contribution is 2.15. The number of H-pyrrole nitrogens is 1. The molecule has 0 atom stereocenters. The predicted octanol–water partition coefficient (Wildman–Crippen LogP) is 2.01. The third kappa shape index (κ3) is 2.30. The van der Waals surface area contributed by atoms with Crippen molar-refractivity contribution >= 4 is 49.1 Å². The average Bonchev–Trinajstić information content (AvgIpc) is 2.88. The molecule has 0 fully saturated rings. The van der Waals surface area contributed by atoms with E-state index >= 15 is 0 Å². The second kappa shape index (κ2) is 5.12. The van der Waals surface area contributed by atoms with Gasteiger partial charge < -0.3 is 4.98 Å². The third-order valence-electron chi connectivity index (χ3n) is 2.62. The van der Waals surface area contributed by atoms with Crippen LogP contribution in [0.2, 0.25) is 5.15 Å². The van der Waals surface area contributed by atoms with Gasteiger partial charge in [-0.05, 0) is 27.4 Å². The molecule has 0 aromatic carbocycles. The summed E-state index contributed by atoms with van der Waals surface area (Å²) in [5, 5.41) is 1.89. The van der Waals surface area contributed by atoms with Crippen molar-refractivity contribution in [3.05, 3.63) is 53.9 Å². The van der Waals surface area contributed by atoms with Crippen molar-refractivity contribution in [2.24, 2.45) is 0 Å². The summed E-state index contributed by atoms with van der Waals surface area (Å²) in [6, 6.07) is 1.76. The predicted molar refractivity (Wildman–Crippen MR) is 80.5 cm³/mol. The normalized spacial score (nSPS) is 11.1. The van der Waals surface area contributed by atoms with Gasteiger partial charge in [0, 0.05) is 0 Å². The lowest BCUT2D eigenvalue weighted by Gasteiger charge is -2.05. The van der Waals surface area contributed by atoms with Gasteiger partial charge in [0.2, 0.25) is 0 Å². The monoisotopic (exact) mass is 372 g/mol. The smallest absolute Gasteiger partial charge is 0.269 e. The Hall–Kier alpha value is -1.51. The number of aromatic nitrogens is 4. The van der Waals surface area contributed by atoms with E-state index in [2.05, 4.69) is 30.9 Å². The Labute approximate surface area is 129 Å². The van der Waals surface area contributed by atoms with Gasteiger partial charge in [0.05, 0.1) is 18.4 Å². The van der Waals surface area contributed by atoms with Crippen LogP contribution < -0.4 is 11.1 Å². The zero-order valence-electron chi connectivity index (χ0n) is 9.76. The minimum atomic E-state index is -0.335. The summed E-state index contributed by atoms with van der Waals surface area (Å²) in [7, 11) is 0. The van der Waals surface area contributed by atoms with Gasteiger partial charge in [-0.1, -0.05) is 11.6 Å². The van der Waals surface area contributed by atoms with E-state index in [1.807, 2.05) is 0 Å². The molecule has 3 aromatic heterocycles. The minimum Gasteiger partial charge on any atom is -0.308 e. The van der Waals surface area contributed by atoms with Crippen LogP contribution >= 0.6 is 38.9 Å². The summed E-state index contributed by atoms with van der Waals surface area (Å²) in [5.74, 6) is 0.388. The van der Waals surface area contributed by atoms with Gasteiger partial charge in [0.1, 0.15) is 15.0 Å². The summed E-state index contributed by atoms with van der Waals surface area (Å²) in [5.41, 5.74) is 0.0647. The fraction of sp³-hybridized carbons (Fsp3) is 0.0909. The molecule has 0 saturated heterocycles. The molecule has 0 saturated carbocycles. The summed E-state index contributed by atoms with van der Waals surface area (Å²) in [6.07, 6.45) is 1.31. The van der Waals surface area contributed by atoms with Gasteiger partial charge in [-0.2, -0.15) is 0 Å². The van der Waals surface area contributed by atoms with Gasteiger partial charge in [-0.15, -0.1) is 11.3 Å². The van der Waals surface area contributed by atoms with E-state index in [9.17, 15) is 9.59 Å². The maximum atomic E-state index is 12.0. The lowest BCUT2D eigenvalue weighted by atomic mass is 10.4. The highest BCUT2D eigenvalue weighted by atomic mass is 79.9. The molecule has 6 nitrogen and oxygen atoms in total. The molecule has 0 radical (unpaired) electrons. The highest BCUT2D eigenvalue weighted by molar-refractivity contribution is 9.10. The van der Waals surface area contributed by atoms with Crippen LogP contribution in [-0.4, -0.2) is 19.5 Å². The molecule has 0 aliphatic heterocycles. The molecule has 0 aliphatic rings. The molecule has 102 valence electrons. The molecule has 20 heavy (non-hydrogen) atoms. The highest BCUT2D eigenvalue weighted by Gasteiger charge is 2.10. The van der Waals surface area contributed by atoms with E-state index in [0.29, 0.717) is 16.0 Å². The molecule has 3 aromatic rings. The maximum Gasteiger partial charge on any atom is 0.269 e. The number of hydrogen-bond acceptors (Lipinski definition) is 5. The number of hydrogen-bond donors (Lipinski definition) is 1. The van der Waals surface area contributed by atoms with Crippen LogP contribution in [0.3, 0.4) is 0 Å². The number of thiophene rings is 1. The first kappa shape index (κ1) is 13.5. The van der Waals surface area contributed by atoms with Crippen molar-refractivity contribution in [1.29, 1.82) is 0 Å². The molecule has 3 heterocycles. The maximum absolute atomic E-state index is 12.0. The van der Waals surface area contributed by atoms with E-state index in [-0.39, 0.29) is 27.3 Å². The lowest BCUT2D eigenvalue weighted by molar-refractivity contribution is 0.694. The van der Waals surface area contributed by atoms with E-state index in [1.54, 1.807) is 11.4 Å². The van der Waals surface area contributed by atoms with E-state index < -0.39 is 0 Å². The van der Waals surface area contributed by atoms with Crippen LogP contribution in [0, 0.1) is 0 Å². The second-order valence-electron chi connectivity index (χ2n) is 3.93. The standard InChI is InChI=1S/C11H6BrClN4O2S/c12-7-9(13)14-4-17(11(7)19)3-6-15-5-1-2-20-8(5)10(18)16-6/h1-2,4H,3H2,(H,15,16,18). The largest absolute Gasteiger partial charge is 0.308 e. The first-order valence-corrected chi connectivity index (χ1v) is 7.48. The Morgan fingerprint density at radius 2 is 2.25 bits per heavy atom. The third-order valence-corrected chi connectivity index (χ3v) is 4.76. The van der Waals surface area contributed by atoms with Crippen LogP contribution in [0.25, 0.3) is 10.2 Å². The van der Waals surface area contributed by atoms with E-state index in [0.717, 1.165) is 0 Å². The van der Waals surface area contributed by atoms with Crippen LogP contribution in [0.5, 0.6) is 0 Å². The number of nitrogens with one attached hydrogen (secondary N) is 1. The summed E-state index contributed by atoms with van der Waals surface area (Å²) >= 11 is 10.1. The van der Waals surface area contributed by atoms with Crippen molar-refractivity contribution in [1.82, 2.24) is 19.5 Å². The molecular weight excluding hydrogens is 368 g/mol. The van der Waals surface area contributed by atoms with Crippen LogP contribution in [-0.2, 0) is 6.54 Å². The first-order valence-electron chi connectivity index (χ1n) is 5.43. The van der Waals surface area contributed by atoms with Crippen molar-refractivity contribution < 1.29 is 0 Å². The fourth-order valence-electron chi connectivity index (χ4n) is 1.71. The lowest BCUT2D eigenvalue weighted by Crippen LogP contribution is -2.24. The van der Waals surface area contributed by atoms with Crippen LogP contribution in [0.4, 0.5) is 0 Å². The molecule has 0 bridgehead atoms. The SMILES string of the molecule is O=c1[nH]c(Cn2cnc(Cl)c(Br)c2=O)nc2ccsc12. The Balaban J connectivity index is 2.08. The number of rotatable bonds is 2. The summed E-state index contributed by atoms with van der Waals surface area (Å²) in [6.45, 7) is 0.114. The van der Waals surface area contributed by atoms with Gasteiger partial charge in [-0.3, -0.25) is 14.2 Å². The van der Waals surface area contributed by atoms with Crippen molar-refractivity contribution in [2.75, 3.05) is 0 Å². The first-order chi connectivity index (χ1) is 9.56. The van der Waals surface area contributed by atoms with Gasteiger partial charge >= 0.3 is 0 Å². The fourth-order valence-corrected chi connectivity index (χ4v) is 2.89. The number of aromatic amines is 1. The number of halogens is 2. The van der Waals surface area contributed by atoms with E-state index in [1.165, 1.54) is 22.2 Å². The van der Waals surface area contributed by atoms with Gasteiger partial charge in [-0.25, -0.2) is 9.97 Å². The van der Waals surface area contributed by atoms with Gasteiger partial charge in [0.15, 0.2) is 5.15 Å². The van der Waals surface area contributed by atoms with Crippen LogP contribution in [0.1, 0.15) is 5.82 Å². The Kier molecular flexibility index (Phi) is 3.45. The Bertz CT molecular complexity index is 917. The Morgan fingerprint density at radius 1 is 1.45 bits per heavy atom. The molecule has 9 heteroatoms. The zero-order valence-corrected chi connectivity index (χ0v) is 12.9. The second-order valence-corrected chi connectivity index (χ2v) is 6.00. The summed E-state index contributed by atoms with van der Waals surface area (Å²) in [4.78, 5) is 34.6. The molecule has 0 spiro atoms. The average molecular weight is 374 g/mol. The molecule has 0 unspecified atom stereocenters. The number of nitrogens with zero attached hydrogens (tertiary/aromatic N) is 3. The van der Waals surface area contributed by atoms with Crippen LogP contribution in [0.15, 0.2) is 31.8 Å². The Morgan fingerprint density at radius 3 is 3.05 bits per heavy atom.